The second kappa shape index (κ2) is 4.53. The van der Waals surface area contributed by atoms with E-state index in [1.54, 1.807) is 6.07 Å². The van der Waals surface area contributed by atoms with Crippen LogP contribution in [0.25, 0.3) is 0 Å². The number of fused-ring (bicyclic) bond motifs is 1. The number of aromatic hydroxyl groups is 1. The van der Waals surface area contributed by atoms with E-state index in [0.29, 0.717) is 24.0 Å². The Morgan fingerprint density at radius 2 is 2.11 bits per heavy atom. The van der Waals surface area contributed by atoms with Crippen LogP contribution in [0.5, 0.6) is 5.75 Å². The summed E-state index contributed by atoms with van der Waals surface area (Å²) in [4.78, 5) is 0. The minimum atomic E-state index is -3.24. The van der Waals surface area contributed by atoms with E-state index in [0.717, 1.165) is 11.8 Å². The van der Waals surface area contributed by atoms with Crippen molar-refractivity contribution in [3.8, 4) is 5.75 Å². The number of phenols is 1. The Morgan fingerprint density at radius 3 is 2.72 bits per heavy atom. The molecule has 6 heteroatoms. The second-order valence-electron chi connectivity index (χ2n) is 4.85. The number of hydrogen-bond donors (Lipinski definition) is 3. The summed E-state index contributed by atoms with van der Waals surface area (Å²) in [5.41, 5.74) is 7.51. The van der Waals surface area contributed by atoms with Crippen molar-refractivity contribution in [1.29, 1.82) is 0 Å². The highest BCUT2D eigenvalue weighted by Gasteiger charge is 2.28. The number of aliphatic hydroxyl groups excluding tert-OH is 1. The number of nitrogens with two attached hydrogens (primary N) is 1. The third-order valence-corrected chi connectivity index (χ3v) is 4.11. The number of rotatable bonds is 2. The molecule has 2 rings (SSSR count). The highest BCUT2D eigenvalue weighted by atomic mass is 32.2. The summed E-state index contributed by atoms with van der Waals surface area (Å²) in [6.07, 6.45) is 1.48. The fourth-order valence-electron chi connectivity index (χ4n) is 2.39. The monoisotopic (exact) mass is 271 g/mol. The van der Waals surface area contributed by atoms with Crippen LogP contribution in [0.4, 0.5) is 0 Å². The number of aliphatic hydroxyl groups is 1. The topological polar surface area (TPSA) is 101 Å². The van der Waals surface area contributed by atoms with E-state index in [4.69, 9.17) is 5.73 Å². The molecule has 0 aromatic heterocycles. The first-order valence-electron chi connectivity index (χ1n) is 5.74. The van der Waals surface area contributed by atoms with Gasteiger partial charge in [0.2, 0.25) is 0 Å². The summed E-state index contributed by atoms with van der Waals surface area (Å²) in [6.45, 7) is 0. The largest absolute Gasteiger partial charge is 0.508 e. The van der Waals surface area contributed by atoms with Crippen LogP contribution in [0, 0.1) is 0 Å². The minimum absolute atomic E-state index is 0.0400. The van der Waals surface area contributed by atoms with Gasteiger partial charge in [0.05, 0.1) is 11.9 Å². The normalized spacial score (nSPS) is 23.7. The van der Waals surface area contributed by atoms with Gasteiger partial charge in [0.25, 0.3) is 0 Å². The molecule has 5 nitrogen and oxygen atoms in total. The predicted octanol–water partition coefficient (Wildman–Crippen LogP) is 0.244. The molecular weight excluding hydrogens is 254 g/mol. The van der Waals surface area contributed by atoms with E-state index < -0.39 is 15.9 Å². The maximum absolute atomic E-state index is 11.4. The van der Waals surface area contributed by atoms with Gasteiger partial charge in [-0.05, 0) is 30.0 Å². The van der Waals surface area contributed by atoms with Crippen molar-refractivity contribution < 1.29 is 18.6 Å². The zero-order valence-corrected chi connectivity index (χ0v) is 10.9. The van der Waals surface area contributed by atoms with Gasteiger partial charge in [0, 0.05) is 17.9 Å². The van der Waals surface area contributed by atoms with Crippen molar-refractivity contribution in [2.24, 2.45) is 5.73 Å². The Morgan fingerprint density at radius 1 is 1.44 bits per heavy atom. The lowest BCUT2D eigenvalue weighted by atomic mass is 9.84. The van der Waals surface area contributed by atoms with Gasteiger partial charge in [-0.3, -0.25) is 0 Å². The minimum Gasteiger partial charge on any atom is -0.508 e. The molecule has 0 spiro atoms. The van der Waals surface area contributed by atoms with E-state index in [2.05, 4.69) is 0 Å². The highest BCUT2D eigenvalue weighted by Crippen LogP contribution is 2.35. The highest BCUT2D eigenvalue weighted by molar-refractivity contribution is 7.89. The lowest BCUT2D eigenvalue weighted by Gasteiger charge is -2.29. The first-order valence-corrected chi connectivity index (χ1v) is 7.80. The molecule has 1 aliphatic carbocycles. The van der Waals surface area contributed by atoms with Crippen LogP contribution in [0.15, 0.2) is 12.1 Å². The molecule has 100 valence electrons. The fourth-order valence-corrected chi connectivity index (χ4v) is 3.24. The van der Waals surface area contributed by atoms with Crippen molar-refractivity contribution in [3.63, 3.8) is 0 Å². The van der Waals surface area contributed by atoms with Crippen LogP contribution in [-0.2, 0) is 22.0 Å². The van der Waals surface area contributed by atoms with Gasteiger partial charge in [0.15, 0.2) is 9.84 Å². The maximum atomic E-state index is 11.4. The summed E-state index contributed by atoms with van der Waals surface area (Å²) in [5.74, 6) is -0.258. The van der Waals surface area contributed by atoms with Gasteiger partial charge in [-0.2, -0.15) is 0 Å². The Bertz CT molecular complexity index is 568. The van der Waals surface area contributed by atoms with E-state index in [-0.39, 0.29) is 17.5 Å². The SMILES string of the molecule is CS(=O)(=O)Cc1c(O)ccc2c1CCC(N)C2O. The zero-order chi connectivity index (χ0) is 13.5. The third kappa shape index (κ3) is 2.50. The molecule has 0 fully saturated rings. The molecule has 2 atom stereocenters. The first-order chi connectivity index (χ1) is 8.29. The van der Waals surface area contributed by atoms with Gasteiger partial charge in [-0.25, -0.2) is 8.42 Å². The Kier molecular flexibility index (Phi) is 3.35. The number of benzene rings is 1. The van der Waals surface area contributed by atoms with Crippen molar-refractivity contribution in [3.05, 3.63) is 28.8 Å². The quantitative estimate of drug-likeness (QED) is 0.715. The van der Waals surface area contributed by atoms with Gasteiger partial charge in [-0.1, -0.05) is 6.07 Å². The molecule has 1 aromatic carbocycles. The molecule has 1 aliphatic rings. The number of sulfone groups is 1. The van der Waals surface area contributed by atoms with E-state index in [9.17, 15) is 18.6 Å². The smallest absolute Gasteiger partial charge is 0.151 e. The Balaban J connectivity index is 2.54. The Labute approximate surface area is 106 Å². The van der Waals surface area contributed by atoms with Crippen LogP contribution in [-0.4, -0.2) is 30.9 Å². The maximum Gasteiger partial charge on any atom is 0.151 e. The molecule has 2 unspecified atom stereocenters. The van der Waals surface area contributed by atoms with E-state index in [1.165, 1.54) is 6.07 Å². The zero-order valence-electron chi connectivity index (χ0n) is 10.1. The summed E-state index contributed by atoms with van der Waals surface area (Å²) in [6, 6.07) is 2.69. The molecule has 0 saturated carbocycles. The summed E-state index contributed by atoms with van der Waals surface area (Å²) in [7, 11) is -3.24. The molecule has 1 aromatic rings. The average molecular weight is 271 g/mol. The molecule has 18 heavy (non-hydrogen) atoms. The molecular formula is C12H17NO4S. The van der Waals surface area contributed by atoms with Crippen molar-refractivity contribution in [1.82, 2.24) is 0 Å². The molecule has 0 saturated heterocycles. The summed E-state index contributed by atoms with van der Waals surface area (Å²) < 4.78 is 22.8. The van der Waals surface area contributed by atoms with E-state index >= 15 is 0 Å². The summed E-state index contributed by atoms with van der Waals surface area (Å²) in [5, 5.41) is 19.8. The third-order valence-electron chi connectivity index (χ3n) is 3.30. The lowest BCUT2D eigenvalue weighted by Crippen LogP contribution is -2.33. The molecule has 0 amide bonds. The van der Waals surface area contributed by atoms with Crippen LogP contribution < -0.4 is 5.73 Å². The van der Waals surface area contributed by atoms with Crippen molar-refractivity contribution >= 4 is 9.84 Å². The number of hydrogen-bond acceptors (Lipinski definition) is 5. The van der Waals surface area contributed by atoms with Gasteiger partial charge < -0.3 is 15.9 Å². The van der Waals surface area contributed by atoms with Gasteiger partial charge in [-0.15, -0.1) is 0 Å². The molecule has 0 heterocycles. The van der Waals surface area contributed by atoms with Gasteiger partial charge in [0.1, 0.15) is 5.75 Å². The summed E-state index contributed by atoms with van der Waals surface area (Å²) >= 11 is 0. The van der Waals surface area contributed by atoms with Crippen LogP contribution in [0.3, 0.4) is 0 Å². The van der Waals surface area contributed by atoms with Crippen molar-refractivity contribution in [2.45, 2.75) is 30.7 Å². The standard InChI is InChI=1S/C12H17NO4S/c1-18(16,17)6-9-7-2-4-10(13)12(15)8(7)3-5-11(9)14/h3,5,10,12,14-15H,2,4,6,13H2,1H3. The van der Waals surface area contributed by atoms with Crippen LogP contribution >= 0.6 is 0 Å². The molecule has 0 radical (unpaired) electrons. The predicted molar refractivity (Wildman–Crippen MR) is 67.9 cm³/mol. The average Bonchev–Trinajstić information content (AvgIpc) is 2.26. The van der Waals surface area contributed by atoms with Crippen LogP contribution in [0.2, 0.25) is 0 Å². The lowest BCUT2D eigenvalue weighted by molar-refractivity contribution is 0.133. The number of phenolic OH excluding ortho intramolecular Hbond substituents is 1. The molecule has 0 bridgehead atoms. The van der Waals surface area contributed by atoms with Crippen LogP contribution in [0.1, 0.15) is 29.2 Å². The first kappa shape index (κ1) is 13.3. The molecule has 4 N–H and O–H groups in total. The second-order valence-corrected chi connectivity index (χ2v) is 6.99. The van der Waals surface area contributed by atoms with Crippen molar-refractivity contribution in [2.75, 3.05) is 6.26 Å². The molecule has 0 aliphatic heterocycles. The van der Waals surface area contributed by atoms with E-state index in [1.807, 2.05) is 0 Å². The fraction of sp³-hybridized carbons (Fsp3) is 0.500. The van der Waals surface area contributed by atoms with Gasteiger partial charge >= 0.3 is 0 Å². The Hall–Kier alpha value is -1.11.